The summed E-state index contributed by atoms with van der Waals surface area (Å²) in [5, 5.41) is 6.44. The lowest BCUT2D eigenvalue weighted by atomic mass is 9.98. The molecule has 1 aliphatic rings. The lowest BCUT2D eigenvalue weighted by Gasteiger charge is -2.34. The molecule has 0 aliphatic carbocycles. The van der Waals surface area contributed by atoms with Crippen LogP contribution in [0.1, 0.15) is 37.4 Å². The minimum absolute atomic E-state index is 0.0265. The second kappa shape index (κ2) is 8.82. The van der Waals surface area contributed by atoms with E-state index < -0.39 is 0 Å². The smallest absolute Gasteiger partial charge is 0.240 e. The molecule has 1 aliphatic heterocycles. The van der Waals surface area contributed by atoms with Crippen LogP contribution >= 0.6 is 0 Å². The molecule has 1 unspecified atom stereocenters. The van der Waals surface area contributed by atoms with Gasteiger partial charge in [-0.05, 0) is 17.0 Å². The number of carbonyl (C=O) groups is 2. The van der Waals surface area contributed by atoms with E-state index in [2.05, 4.69) is 24.5 Å². The fourth-order valence-electron chi connectivity index (χ4n) is 3.35. The van der Waals surface area contributed by atoms with Crippen molar-refractivity contribution in [2.75, 3.05) is 13.2 Å². The van der Waals surface area contributed by atoms with Gasteiger partial charge in [-0.25, -0.2) is 0 Å². The van der Waals surface area contributed by atoms with Gasteiger partial charge in [-0.1, -0.05) is 74.5 Å². The second-order valence-corrected chi connectivity index (χ2v) is 7.33. The third kappa shape index (κ3) is 4.95. The molecule has 2 N–H and O–H groups in total. The summed E-state index contributed by atoms with van der Waals surface area (Å²) in [6, 6.07) is 19.7. The lowest BCUT2D eigenvalue weighted by molar-refractivity contribution is -0.139. The Morgan fingerprint density at radius 3 is 2.11 bits per heavy atom. The van der Waals surface area contributed by atoms with Gasteiger partial charge in [0.2, 0.25) is 11.8 Å². The molecule has 2 aromatic carbocycles. The van der Waals surface area contributed by atoms with E-state index in [0.717, 1.165) is 11.1 Å². The molecular formula is C22H27N3O2. The van der Waals surface area contributed by atoms with Gasteiger partial charge in [-0.3, -0.25) is 14.9 Å². The van der Waals surface area contributed by atoms with Crippen molar-refractivity contribution in [2.24, 2.45) is 5.92 Å². The van der Waals surface area contributed by atoms with Crippen molar-refractivity contribution < 1.29 is 9.59 Å². The molecule has 1 heterocycles. The first-order chi connectivity index (χ1) is 13.0. The number of carbonyl (C=O) groups excluding carboxylic acids is 2. The second-order valence-electron chi connectivity index (χ2n) is 7.33. The van der Waals surface area contributed by atoms with E-state index in [0.29, 0.717) is 19.0 Å². The summed E-state index contributed by atoms with van der Waals surface area (Å²) in [6.07, 6.45) is 0.436. The van der Waals surface area contributed by atoms with Crippen LogP contribution in [0.4, 0.5) is 0 Å². The predicted molar refractivity (Wildman–Crippen MR) is 106 cm³/mol. The highest BCUT2D eigenvalue weighted by Crippen LogP contribution is 2.22. The molecule has 1 atom stereocenters. The number of hydrogen-bond acceptors (Lipinski definition) is 3. The van der Waals surface area contributed by atoms with Gasteiger partial charge in [0.15, 0.2) is 0 Å². The van der Waals surface area contributed by atoms with Crippen molar-refractivity contribution in [1.29, 1.82) is 0 Å². The number of rotatable bonds is 6. The van der Waals surface area contributed by atoms with E-state index in [9.17, 15) is 9.59 Å². The molecule has 0 spiro atoms. The van der Waals surface area contributed by atoms with Gasteiger partial charge in [0.25, 0.3) is 0 Å². The van der Waals surface area contributed by atoms with Crippen LogP contribution in [0.2, 0.25) is 0 Å². The van der Waals surface area contributed by atoms with Crippen LogP contribution < -0.4 is 10.6 Å². The van der Waals surface area contributed by atoms with Crippen molar-refractivity contribution in [3.05, 3.63) is 71.8 Å². The van der Waals surface area contributed by atoms with E-state index in [1.165, 1.54) is 0 Å². The molecule has 0 saturated carbocycles. The first kappa shape index (κ1) is 19.1. The number of nitrogens with zero attached hydrogens (tertiary/aromatic N) is 1. The first-order valence-corrected chi connectivity index (χ1v) is 9.45. The van der Waals surface area contributed by atoms with Gasteiger partial charge in [-0.15, -0.1) is 0 Å². The Hall–Kier alpha value is -2.66. The minimum Gasteiger partial charge on any atom is -0.344 e. The summed E-state index contributed by atoms with van der Waals surface area (Å²) in [4.78, 5) is 26.7. The Balaban J connectivity index is 1.68. The average molecular weight is 365 g/mol. The largest absolute Gasteiger partial charge is 0.344 e. The molecule has 27 heavy (non-hydrogen) atoms. The van der Waals surface area contributed by atoms with Crippen molar-refractivity contribution in [3.8, 4) is 0 Å². The molecule has 3 rings (SSSR count). The zero-order valence-electron chi connectivity index (χ0n) is 15.9. The fraction of sp³-hybridized carbons (Fsp3) is 0.364. The molecule has 2 aromatic rings. The standard InChI is InChI=1S/C22H27N3O2/c1-16(2)19-13-21(27)25(15-23-19)14-20(26)24-22(17-9-5-3-6-10-17)18-11-7-4-8-12-18/h3-12,16,19,22-23H,13-15H2,1-2H3,(H,24,26). The Morgan fingerprint density at radius 2 is 1.63 bits per heavy atom. The number of hydrogen-bond donors (Lipinski definition) is 2. The molecule has 0 radical (unpaired) electrons. The third-order valence-corrected chi connectivity index (χ3v) is 5.00. The summed E-state index contributed by atoms with van der Waals surface area (Å²) >= 11 is 0. The maximum atomic E-state index is 12.7. The minimum atomic E-state index is -0.240. The Bertz CT molecular complexity index is 722. The quantitative estimate of drug-likeness (QED) is 0.827. The normalized spacial score (nSPS) is 17.4. The number of amides is 2. The van der Waals surface area contributed by atoms with Crippen molar-refractivity contribution in [2.45, 2.75) is 32.4 Å². The average Bonchev–Trinajstić information content (AvgIpc) is 2.69. The molecule has 5 heteroatoms. The van der Waals surface area contributed by atoms with Crippen molar-refractivity contribution >= 4 is 11.8 Å². The molecule has 0 aromatic heterocycles. The molecule has 1 saturated heterocycles. The van der Waals surface area contributed by atoms with Crippen molar-refractivity contribution in [1.82, 2.24) is 15.5 Å². The van der Waals surface area contributed by atoms with E-state index in [1.807, 2.05) is 60.7 Å². The maximum absolute atomic E-state index is 12.7. The summed E-state index contributed by atoms with van der Waals surface area (Å²) in [7, 11) is 0. The van der Waals surface area contributed by atoms with E-state index in [1.54, 1.807) is 4.90 Å². The van der Waals surface area contributed by atoms with E-state index in [4.69, 9.17) is 0 Å². The first-order valence-electron chi connectivity index (χ1n) is 9.45. The molecule has 0 bridgehead atoms. The summed E-state index contributed by atoms with van der Waals surface area (Å²) in [5.74, 6) is 0.259. The molecule has 142 valence electrons. The monoisotopic (exact) mass is 365 g/mol. The van der Waals surface area contributed by atoms with Crippen LogP contribution in [-0.2, 0) is 9.59 Å². The molecule has 2 amide bonds. The molecule has 1 fully saturated rings. The lowest BCUT2D eigenvalue weighted by Crippen LogP contribution is -2.55. The van der Waals surface area contributed by atoms with E-state index >= 15 is 0 Å². The SMILES string of the molecule is CC(C)C1CC(=O)N(CC(=O)NC(c2ccccc2)c2ccccc2)CN1. The van der Waals surface area contributed by atoms with Gasteiger partial charge in [0.05, 0.1) is 12.7 Å². The van der Waals surface area contributed by atoms with Crippen molar-refractivity contribution in [3.63, 3.8) is 0 Å². The van der Waals surface area contributed by atoms with Gasteiger partial charge >= 0.3 is 0 Å². The van der Waals surface area contributed by atoms with Crippen LogP contribution in [0.15, 0.2) is 60.7 Å². The fourth-order valence-corrected chi connectivity index (χ4v) is 3.35. The summed E-state index contributed by atoms with van der Waals surface area (Å²) < 4.78 is 0. The Labute approximate surface area is 160 Å². The van der Waals surface area contributed by atoms with E-state index in [-0.39, 0.29) is 30.4 Å². The van der Waals surface area contributed by atoms with Crippen LogP contribution in [0, 0.1) is 5.92 Å². The highest BCUT2D eigenvalue weighted by Gasteiger charge is 2.28. The maximum Gasteiger partial charge on any atom is 0.240 e. The highest BCUT2D eigenvalue weighted by atomic mass is 16.2. The highest BCUT2D eigenvalue weighted by molar-refractivity contribution is 5.85. The van der Waals surface area contributed by atoms with Crippen LogP contribution in [0.25, 0.3) is 0 Å². The Morgan fingerprint density at radius 1 is 1.07 bits per heavy atom. The summed E-state index contributed by atoms with van der Waals surface area (Å²) in [6.45, 7) is 4.67. The predicted octanol–water partition coefficient (Wildman–Crippen LogP) is 2.70. The zero-order valence-corrected chi connectivity index (χ0v) is 15.9. The number of nitrogens with one attached hydrogen (secondary N) is 2. The van der Waals surface area contributed by atoms with Gasteiger partial charge in [-0.2, -0.15) is 0 Å². The third-order valence-electron chi connectivity index (χ3n) is 5.00. The van der Waals surface area contributed by atoms with Crippen LogP contribution in [0.3, 0.4) is 0 Å². The van der Waals surface area contributed by atoms with Gasteiger partial charge in [0, 0.05) is 12.5 Å². The van der Waals surface area contributed by atoms with Gasteiger partial charge < -0.3 is 10.2 Å². The number of benzene rings is 2. The zero-order chi connectivity index (χ0) is 19.2. The molecular weight excluding hydrogens is 338 g/mol. The summed E-state index contributed by atoms with van der Waals surface area (Å²) in [5.41, 5.74) is 2.03. The topological polar surface area (TPSA) is 61.4 Å². The van der Waals surface area contributed by atoms with Gasteiger partial charge in [0.1, 0.15) is 6.54 Å². The Kier molecular flexibility index (Phi) is 6.24. The van der Waals surface area contributed by atoms with Crippen LogP contribution in [-0.4, -0.2) is 36.0 Å². The molecule has 5 nitrogen and oxygen atoms in total. The van der Waals surface area contributed by atoms with Crippen LogP contribution in [0.5, 0.6) is 0 Å².